The summed E-state index contributed by atoms with van der Waals surface area (Å²) in [6.45, 7) is 3.48. The van der Waals surface area contributed by atoms with Crippen molar-refractivity contribution in [2.75, 3.05) is 13.1 Å². The molecular weight excluding hydrogens is 382 g/mol. The van der Waals surface area contributed by atoms with Gasteiger partial charge in [-0.3, -0.25) is 14.5 Å². The molecule has 0 aliphatic carbocycles. The Labute approximate surface area is 175 Å². The van der Waals surface area contributed by atoms with Crippen molar-refractivity contribution in [3.05, 3.63) is 53.1 Å². The number of fused-ring (bicyclic) bond motifs is 1. The van der Waals surface area contributed by atoms with Gasteiger partial charge in [-0.25, -0.2) is 4.98 Å². The standard InChI is InChI=1S/C22H27N5O3/c28-20-4-3-19(21(29)25-20)27-11-16-9-15(1-2-18(16)22(27)30)14-5-7-26(8-6-14)12-17-10-23-13-24-17/h1-2,9-10,13-14,19,21,29H,3-8,11-12H2,(H,23,24)(H,25,28). The number of hydrogen-bond acceptors (Lipinski definition) is 5. The third-order valence-electron chi connectivity index (χ3n) is 6.71. The Bertz CT molecular complexity index is 936. The topological polar surface area (TPSA) is 102 Å². The number of rotatable bonds is 4. The molecule has 3 N–H and O–H groups in total. The summed E-state index contributed by atoms with van der Waals surface area (Å²) >= 11 is 0. The number of piperidine rings is 2. The van der Waals surface area contributed by atoms with Crippen LogP contribution in [-0.4, -0.2) is 62.0 Å². The summed E-state index contributed by atoms with van der Waals surface area (Å²) in [5.41, 5.74) is 4.19. The Hall–Kier alpha value is -2.71. The molecular formula is C22H27N5O3. The molecule has 2 unspecified atom stereocenters. The average molecular weight is 409 g/mol. The van der Waals surface area contributed by atoms with Crippen LogP contribution < -0.4 is 5.32 Å². The van der Waals surface area contributed by atoms with Crippen LogP contribution in [0.25, 0.3) is 0 Å². The highest BCUT2D eigenvalue weighted by Gasteiger charge is 2.39. The lowest BCUT2D eigenvalue weighted by Crippen LogP contribution is -2.55. The van der Waals surface area contributed by atoms with E-state index in [1.54, 1.807) is 11.2 Å². The van der Waals surface area contributed by atoms with Gasteiger partial charge in [0.1, 0.15) is 6.23 Å². The third kappa shape index (κ3) is 3.61. The van der Waals surface area contributed by atoms with Crippen LogP contribution in [0, 0.1) is 0 Å². The lowest BCUT2D eigenvalue weighted by molar-refractivity contribution is -0.129. The van der Waals surface area contributed by atoms with E-state index in [4.69, 9.17) is 0 Å². The van der Waals surface area contributed by atoms with E-state index in [0.29, 0.717) is 25.3 Å². The van der Waals surface area contributed by atoms with Gasteiger partial charge in [-0.1, -0.05) is 12.1 Å². The van der Waals surface area contributed by atoms with E-state index in [-0.39, 0.29) is 17.9 Å². The number of likely N-dealkylation sites (tertiary alicyclic amines) is 1. The van der Waals surface area contributed by atoms with Crippen molar-refractivity contribution in [1.82, 2.24) is 25.1 Å². The Morgan fingerprint density at radius 3 is 2.73 bits per heavy atom. The van der Waals surface area contributed by atoms with Crippen molar-refractivity contribution in [1.29, 1.82) is 0 Å². The molecule has 2 saturated heterocycles. The van der Waals surface area contributed by atoms with Gasteiger partial charge in [-0.2, -0.15) is 0 Å². The van der Waals surface area contributed by atoms with Crippen molar-refractivity contribution in [3.8, 4) is 0 Å². The fraction of sp³-hybridized carbons (Fsp3) is 0.500. The third-order valence-corrected chi connectivity index (χ3v) is 6.71. The first kappa shape index (κ1) is 19.3. The number of imidazole rings is 1. The molecule has 8 nitrogen and oxygen atoms in total. The van der Waals surface area contributed by atoms with Crippen LogP contribution in [0.4, 0.5) is 0 Å². The van der Waals surface area contributed by atoms with E-state index in [2.05, 4.69) is 32.3 Å². The number of benzene rings is 1. The first-order valence-corrected chi connectivity index (χ1v) is 10.7. The van der Waals surface area contributed by atoms with Crippen LogP contribution in [0.3, 0.4) is 0 Å². The van der Waals surface area contributed by atoms with Gasteiger partial charge in [0.25, 0.3) is 5.91 Å². The van der Waals surface area contributed by atoms with Gasteiger partial charge in [-0.05, 0) is 55.5 Å². The first-order valence-electron chi connectivity index (χ1n) is 10.7. The smallest absolute Gasteiger partial charge is 0.254 e. The van der Waals surface area contributed by atoms with Gasteiger partial charge in [0.2, 0.25) is 5.91 Å². The van der Waals surface area contributed by atoms with Crippen molar-refractivity contribution >= 4 is 11.8 Å². The second kappa shape index (κ2) is 7.85. The van der Waals surface area contributed by atoms with Crippen LogP contribution in [0.2, 0.25) is 0 Å². The van der Waals surface area contributed by atoms with Crippen molar-refractivity contribution in [3.63, 3.8) is 0 Å². The zero-order valence-corrected chi connectivity index (χ0v) is 16.9. The zero-order chi connectivity index (χ0) is 20.7. The quantitative estimate of drug-likeness (QED) is 0.708. The SMILES string of the molecule is O=C1CCC(N2Cc3cc(C4CCN(Cc5cnc[nH]5)CC4)ccc3C2=O)C(O)N1. The fourth-order valence-corrected chi connectivity index (χ4v) is 5.02. The predicted molar refractivity (Wildman–Crippen MR) is 109 cm³/mol. The largest absolute Gasteiger partial charge is 0.372 e. The molecule has 3 aliphatic heterocycles. The van der Waals surface area contributed by atoms with E-state index in [1.165, 1.54) is 5.56 Å². The second-order valence-corrected chi connectivity index (χ2v) is 8.60. The molecule has 30 heavy (non-hydrogen) atoms. The predicted octanol–water partition coefficient (Wildman–Crippen LogP) is 1.34. The highest BCUT2D eigenvalue weighted by atomic mass is 16.3. The van der Waals surface area contributed by atoms with Crippen LogP contribution in [0.15, 0.2) is 30.7 Å². The van der Waals surface area contributed by atoms with Crippen LogP contribution in [0.1, 0.15) is 58.8 Å². The molecule has 8 heteroatoms. The van der Waals surface area contributed by atoms with E-state index in [9.17, 15) is 14.7 Å². The zero-order valence-electron chi connectivity index (χ0n) is 16.9. The van der Waals surface area contributed by atoms with Crippen molar-refractivity contribution in [2.24, 2.45) is 0 Å². The summed E-state index contributed by atoms with van der Waals surface area (Å²) in [7, 11) is 0. The summed E-state index contributed by atoms with van der Waals surface area (Å²) in [6.07, 6.45) is 5.62. The molecule has 2 fully saturated rings. The molecule has 5 rings (SSSR count). The maximum atomic E-state index is 12.9. The summed E-state index contributed by atoms with van der Waals surface area (Å²) in [6, 6.07) is 5.85. The molecule has 0 bridgehead atoms. The number of nitrogens with one attached hydrogen (secondary N) is 2. The van der Waals surface area contributed by atoms with E-state index >= 15 is 0 Å². The van der Waals surface area contributed by atoms with Gasteiger partial charge in [0.15, 0.2) is 0 Å². The number of aliphatic hydroxyl groups is 1. The Morgan fingerprint density at radius 2 is 2.00 bits per heavy atom. The number of aromatic nitrogens is 2. The minimum atomic E-state index is -0.997. The van der Waals surface area contributed by atoms with Gasteiger partial charge >= 0.3 is 0 Å². The Balaban J connectivity index is 1.24. The van der Waals surface area contributed by atoms with Gasteiger partial charge < -0.3 is 20.3 Å². The number of aliphatic hydroxyl groups excluding tert-OH is 1. The summed E-state index contributed by atoms with van der Waals surface area (Å²) in [5, 5.41) is 12.8. The van der Waals surface area contributed by atoms with E-state index in [1.807, 2.05) is 12.3 Å². The Kier molecular flexibility index (Phi) is 5.04. The molecule has 0 spiro atoms. The summed E-state index contributed by atoms with van der Waals surface area (Å²) < 4.78 is 0. The van der Waals surface area contributed by atoms with Gasteiger partial charge in [0.05, 0.1) is 12.4 Å². The average Bonchev–Trinajstić information content (AvgIpc) is 3.36. The molecule has 0 radical (unpaired) electrons. The molecule has 2 aromatic rings. The number of carbonyl (C=O) groups excluding carboxylic acids is 2. The number of nitrogens with zero attached hydrogens (tertiary/aromatic N) is 3. The molecule has 1 aromatic carbocycles. The lowest BCUT2D eigenvalue weighted by atomic mass is 9.88. The summed E-state index contributed by atoms with van der Waals surface area (Å²) in [4.78, 5) is 35.8. The van der Waals surface area contributed by atoms with E-state index in [0.717, 1.165) is 49.3 Å². The lowest BCUT2D eigenvalue weighted by Gasteiger charge is -2.35. The number of aromatic amines is 1. The molecule has 0 saturated carbocycles. The van der Waals surface area contributed by atoms with E-state index < -0.39 is 6.23 Å². The van der Waals surface area contributed by atoms with Crippen LogP contribution >= 0.6 is 0 Å². The minimum Gasteiger partial charge on any atom is -0.372 e. The number of carbonyl (C=O) groups is 2. The molecule has 3 aliphatic rings. The monoisotopic (exact) mass is 409 g/mol. The highest BCUT2D eigenvalue weighted by molar-refractivity contribution is 5.98. The second-order valence-electron chi connectivity index (χ2n) is 8.60. The van der Waals surface area contributed by atoms with Crippen molar-refractivity contribution < 1.29 is 14.7 Å². The molecule has 158 valence electrons. The van der Waals surface area contributed by atoms with Gasteiger partial charge in [0, 0.05) is 37.0 Å². The molecule has 1 aromatic heterocycles. The fourth-order valence-electron chi connectivity index (χ4n) is 5.02. The van der Waals surface area contributed by atoms with Crippen molar-refractivity contribution in [2.45, 2.75) is 57.0 Å². The maximum absolute atomic E-state index is 12.9. The normalized spacial score (nSPS) is 25.4. The molecule has 2 atom stereocenters. The number of H-pyrrole nitrogens is 1. The molecule has 4 heterocycles. The summed E-state index contributed by atoms with van der Waals surface area (Å²) in [5.74, 6) is 0.284. The Morgan fingerprint density at radius 1 is 1.17 bits per heavy atom. The molecule has 2 amide bonds. The van der Waals surface area contributed by atoms with Gasteiger partial charge in [-0.15, -0.1) is 0 Å². The number of amides is 2. The number of hydrogen-bond donors (Lipinski definition) is 3. The first-order chi connectivity index (χ1) is 14.6. The van der Waals surface area contributed by atoms with Crippen LogP contribution in [0.5, 0.6) is 0 Å². The highest BCUT2D eigenvalue weighted by Crippen LogP contribution is 2.34. The van der Waals surface area contributed by atoms with Crippen LogP contribution in [-0.2, 0) is 17.9 Å². The maximum Gasteiger partial charge on any atom is 0.254 e. The minimum absolute atomic E-state index is 0.0499.